The topological polar surface area (TPSA) is 59.8 Å². The number of halogens is 5. The molecule has 0 saturated heterocycles. The summed E-state index contributed by atoms with van der Waals surface area (Å²) in [6.07, 6.45) is -4.91. The van der Waals surface area contributed by atoms with Crippen molar-refractivity contribution in [2.75, 3.05) is 6.54 Å². The van der Waals surface area contributed by atoms with Crippen LogP contribution in [0.25, 0.3) is 5.69 Å². The van der Waals surface area contributed by atoms with Crippen LogP contribution in [0.5, 0.6) is 0 Å². The lowest BCUT2D eigenvalue weighted by molar-refractivity contribution is -0.143. The van der Waals surface area contributed by atoms with Gasteiger partial charge in [-0.3, -0.25) is 4.79 Å². The lowest BCUT2D eigenvalue weighted by atomic mass is 9.84. The van der Waals surface area contributed by atoms with Crippen LogP contribution in [0.4, 0.5) is 17.6 Å². The molecular formula is C20H17ClF4N4O. The normalized spacial score (nSPS) is 12.1. The van der Waals surface area contributed by atoms with E-state index in [1.807, 2.05) is 19.9 Å². The molecule has 0 unspecified atom stereocenters. The molecular weight excluding hydrogens is 424 g/mol. The minimum atomic E-state index is -4.91. The average Bonchev–Trinajstić information content (AvgIpc) is 3.12. The number of benzene rings is 2. The van der Waals surface area contributed by atoms with Gasteiger partial charge in [0.1, 0.15) is 5.82 Å². The minimum Gasteiger partial charge on any atom is -0.350 e. The average molecular weight is 441 g/mol. The Hall–Kier alpha value is -2.94. The van der Waals surface area contributed by atoms with Crippen molar-refractivity contribution in [1.29, 1.82) is 0 Å². The molecule has 2 aromatic carbocycles. The first-order chi connectivity index (χ1) is 14.0. The van der Waals surface area contributed by atoms with Crippen LogP contribution in [-0.4, -0.2) is 27.4 Å². The number of nitrogens with one attached hydrogen (secondary N) is 1. The van der Waals surface area contributed by atoms with Gasteiger partial charge in [0.15, 0.2) is 11.4 Å². The Kier molecular flexibility index (Phi) is 5.85. The zero-order valence-electron chi connectivity index (χ0n) is 16.0. The van der Waals surface area contributed by atoms with Gasteiger partial charge in [-0.25, -0.2) is 9.07 Å². The highest BCUT2D eigenvalue weighted by Gasteiger charge is 2.42. The zero-order valence-corrected chi connectivity index (χ0v) is 16.7. The van der Waals surface area contributed by atoms with Crippen LogP contribution in [0.2, 0.25) is 5.02 Å². The molecule has 0 aliphatic heterocycles. The maximum Gasteiger partial charge on any atom is 0.435 e. The molecule has 0 aliphatic rings. The third-order valence-electron chi connectivity index (χ3n) is 4.52. The van der Waals surface area contributed by atoms with Gasteiger partial charge in [0.2, 0.25) is 0 Å². The van der Waals surface area contributed by atoms with E-state index >= 15 is 0 Å². The summed E-state index contributed by atoms with van der Waals surface area (Å²) < 4.78 is 54.6. The van der Waals surface area contributed by atoms with Gasteiger partial charge < -0.3 is 5.32 Å². The van der Waals surface area contributed by atoms with Crippen LogP contribution in [0.3, 0.4) is 0 Å². The number of carbonyl (C=O) groups excluding carboxylic acids is 1. The van der Waals surface area contributed by atoms with Gasteiger partial charge >= 0.3 is 6.18 Å². The summed E-state index contributed by atoms with van der Waals surface area (Å²) >= 11 is 5.99. The second-order valence-corrected chi connectivity index (χ2v) is 7.69. The minimum absolute atomic E-state index is 0.0346. The SMILES string of the molecule is CC(C)(CNC(=O)c1nnn(-c2ccc(F)cc2)c1C(F)(F)F)c1cccc(Cl)c1. The van der Waals surface area contributed by atoms with Gasteiger partial charge in [-0.1, -0.05) is 42.8 Å². The number of nitrogens with zero attached hydrogens (tertiary/aromatic N) is 3. The van der Waals surface area contributed by atoms with Crippen LogP contribution >= 0.6 is 11.6 Å². The molecule has 0 bridgehead atoms. The predicted molar refractivity (Wildman–Crippen MR) is 103 cm³/mol. The van der Waals surface area contributed by atoms with Crippen molar-refractivity contribution < 1.29 is 22.4 Å². The zero-order chi connectivity index (χ0) is 22.1. The van der Waals surface area contributed by atoms with Crippen molar-refractivity contribution in [3.63, 3.8) is 0 Å². The van der Waals surface area contributed by atoms with E-state index in [1.54, 1.807) is 18.2 Å². The van der Waals surface area contributed by atoms with Crippen molar-refractivity contribution in [2.24, 2.45) is 0 Å². The molecule has 0 spiro atoms. The Morgan fingerprint density at radius 3 is 2.40 bits per heavy atom. The number of hydrogen-bond acceptors (Lipinski definition) is 3. The van der Waals surface area contributed by atoms with Gasteiger partial charge in [0, 0.05) is 17.0 Å². The van der Waals surface area contributed by atoms with Crippen molar-refractivity contribution in [2.45, 2.75) is 25.4 Å². The molecule has 1 heterocycles. The fraction of sp³-hybridized carbons (Fsp3) is 0.250. The number of aromatic nitrogens is 3. The van der Waals surface area contributed by atoms with Crippen molar-refractivity contribution >= 4 is 17.5 Å². The highest BCUT2D eigenvalue weighted by molar-refractivity contribution is 6.30. The Bertz CT molecular complexity index is 1060. The summed E-state index contributed by atoms with van der Waals surface area (Å²) in [5.74, 6) is -1.64. The van der Waals surface area contributed by atoms with Gasteiger partial charge in [0.25, 0.3) is 5.91 Å². The molecule has 0 fully saturated rings. The molecule has 3 rings (SSSR count). The third kappa shape index (κ3) is 4.62. The molecule has 0 saturated carbocycles. The Morgan fingerprint density at radius 2 is 1.80 bits per heavy atom. The fourth-order valence-corrected chi connectivity index (χ4v) is 3.04. The predicted octanol–water partition coefficient (Wildman–Crippen LogP) is 4.79. The molecule has 3 aromatic rings. The first-order valence-electron chi connectivity index (χ1n) is 8.82. The smallest absolute Gasteiger partial charge is 0.350 e. The van der Waals surface area contributed by atoms with Gasteiger partial charge in [-0.2, -0.15) is 13.2 Å². The molecule has 158 valence electrons. The van der Waals surface area contributed by atoms with Gasteiger partial charge in [-0.05, 0) is 42.0 Å². The number of alkyl halides is 3. The molecule has 30 heavy (non-hydrogen) atoms. The third-order valence-corrected chi connectivity index (χ3v) is 4.76. The Labute approximate surface area is 174 Å². The lowest BCUT2D eigenvalue weighted by Crippen LogP contribution is -2.37. The molecule has 1 amide bonds. The van der Waals surface area contributed by atoms with Crippen LogP contribution < -0.4 is 5.32 Å². The molecule has 0 aliphatic carbocycles. The van der Waals surface area contributed by atoms with Crippen LogP contribution in [0.15, 0.2) is 48.5 Å². The molecule has 0 atom stereocenters. The standard InChI is InChI=1S/C20H17ClF4N4O/c1-19(2,12-4-3-5-13(21)10-12)11-26-18(30)16-17(20(23,24)25)29(28-27-16)15-8-6-14(22)7-9-15/h3-10H,11H2,1-2H3,(H,26,30). The summed E-state index contributed by atoms with van der Waals surface area (Å²) in [6, 6.07) is 11.2. The van der Waals surface area contributed by atoms with Crippen molar-refractivity contribution in [1.82, 2.24) is 20.3 Å². The van der Waals surface area contributed by atoms with Crippen LogP contribution in [0.1, 0.15) is 35.6 Å². The van der Waals surface area contributed by atoms with E-state index in [-0.39, 0.29) is 12.2 Å². The van der Waals surface area contributed by atoms with Gasteiger partial charge in [0.05, 0.1) is 5.69 Å². The van der Waals surface area contributed by atoms with E-state index in [2.05, 4.69) is 15.6 Å². The summed E-state index contributed by atoms with van der Waals surface area (Å²) in [4.78, 5) is 12.5. The summed E-state index contributed by atoms with van der Waals surface area (Å²) in [7, 11) is 0. The highest BCUT2D eigenvalue weighted by Crippen LogP contribution is 2.33. The molecule has 0 radical (unpaired) electrons. The monoisotopic (exact) mass is 440 g/mol. The van der Waals surface area contributed by atoms with E-state index in [0.29, 0.717) is 9.70 Å². The molecule has 1 N–H and O–H groups in total. The summed E-state index contributed by atoms with van der Waals surface area (Å²) in [5.41, 5.74) is -2.08. The summed E-state index contributed by atoms with van der Waals surface area (Å²) in [5, 5.41) is 9.89. The second-order valence-electron chi connectivity index (χ2n) is 7.25. The summed E-state index contributed by atoms with van der Waals surface area (Å²) in [6.45, 7) is 3.67. The lowest BCUT2D eigenvalue weighted by Gasteiger charge is -2.25. The molecule has 10 heteroatoms. The Balaban J connectivity index is 1.88. The van der Waals surface area contributed by atoms with Crippen LogP contribution in [-0.2, 0) is 11.6 Å². The maximum absolute atomic E-state index is 13.7. The fourth-order valence-electron chi connectivity index (χ4n) is 2.85. The van der Waals surface area contributed by atoms with E-state index in [9.17, 15) is 22.4 Å². The highest BCUT2D eigenvalue weighted by atomic mass is 35.5. The van der Waals surface area contributed by atoms with Crippen molar-refractivity contribution in [3.8, 4) is 5.69 Å². The largest absolute Gasteiger partial charge is 0.435 e. The molecule has 1 aromatic heterocycles. The number of amides is 1. The number of rotatable bonds is 5. The van der Waals surface area contributed by atoms with Crippen molar-refractivity contribution in [3.05, 3.63) is 76.3 Å². The van der Waals surface area contributed by atoms with E-state index in [4.69, 9.17) is 11.6 Å². The van der Waals surface area contributed by atoms with E-state index in [0.717, 1.165) is 29.8 Å². The number of carbonyl (C=O) groups is 1. The maximum atomic E-state index is 13.7. The quantitative estimate of drug-likeness (QED) is 0.580. The molecule has 5 nitrogen and oxygen atoms in total. The van der Waals surface area contributed by atoms with E-state index < -0.39 is 34.7 Å². The number of hydrogen-bond donors (Lipinski definition) is 1. The second kappa shape index (κ2) is 8.06. The first kappa shape index (κ1) is 21.8. The first-order valence-corrected chi connectivity index (χ1v) is 9.20. The Morgan fingerprint density at radius 1 is 1.13 bits per heavy atom. The van der Waals surface area contributed by atoms with E-state index in [1.165, 1.54) is 0 Å². The van der Waals surface area contributed by atoms with Gasteiger partial charge in [-0.15, -0.1) is 5.10 Å². The van der Waals surface area contributed by atoms with Crippen LogP contribution in [0, 0.1) is 5.82 Å².